The van der Waals surface area contributed by atoms with Crippen LogP contribution in [0.25, 0.3) is 0 Å². The van der Waals surface area contributed by atoms with E-state index in [9.17, 15) is 9.90 Å². The largest absolute Gasteiger partial charge is 0.396 e. The Labute approximate surface area is 113 Å². The molecule has 3 nitrogen and oxygen atoms in total. The molecule has 2 atom stereocenters. The Balaban J connectivity index is 1.84. The third kappa shape index (κ3) is 3.30. The van der Waals surface area contributed by atoms with E-state index < -0.39 is 0 Å². The number of thiophene rings is 1. The van der Waals surface area contributed by atoms with E-state index >= 15 is 0 Å². The molecule has 1 amide bonds. The second-order valence-corrected chi connectivity index (χ2v) is 6.77. The molecule has 0 aliphatic heterocycles. The first kappa shape index (κ1) is 13.1. The van der Waals surface area contributed by atoms with E-state index in [4.69, 9.17) is 0 Å². The van der Waals surface area contributed by atoms with E-state index in [1.165, 1.54) is 11.3 Å². The van der Waals surface area contributed by atoms with Crippen molar-refractivity contribution in [2.45, 2.75) is 19.3 Å². The molecule has 1 aromatic rings. The quantitative estimate of drug-likeness (QED) is 0.897. The van der Waals surface area contributed by atoms with Crippen molar-refractivity contribution in [1.82, 2.24) is 5.32 Å². The van der Waals surface area contributed by atoms with E-state index in [0.29, 0.717) is 23.9 Å². The Morgan fingerprint density at radius 1 is 1.53 bits per heavy atom. The van der Waals surface area contributed by atoms with Gasteiger partial charge in [0.25, 0.3) is 5.91 Å². The van der Waals surface area contributed by atoms with Crippen LogP contribution in [0.2, 0.25) is 0 Å². The van der Waals surface area contributed by atoms with Gasteiger partial charge in [-0.25, -0.2) is 0 Å². The predicted molar refractivity (Wildman–Crippen MR) is 72.3 cm³/mol. The summed E-state index contributed by atoms with van der Waals surface area (Å²) >= 11 is 4.86. The summed E-state index contributed by atoms with van der Waals surface area (Å²) in [6, 6.07) is 1.83. The number of rotatable bonds is 4. The zero-order chi connectivity index (χ0) is 12.3. The lowest BCUT2D eigenvalue weighted by molar-refractivity contribution is 0.0938. The maximum atomic E-state index is 11.8. The minimum absolute atomic E-state index is 0.0180. The van der Waals surface area contributed by atoms with Crippen molar-refractivity contribution in [3.63, 3.8) is 0 Å². The molecule has 1 aromatic heterocycles. The molecule has 0 bridgehead atoms. The number of hydrogen-bond acceptors (Lipinski definition) is 3. The molecule has 0 saturated heterocycles. The van der Waals surface area contributed by atoms with Crippen molar-refractivity contribution >= 4 is 33.2 Å². The van der Waals surface area contributed by atoms with Crippen LogP contribution in [0.5, 0.6) is 0 Å². The number of halogens is 1. The Kier molecular flexibility index (Phi) is 4.59. The molecule has 2 rings (SSSR count). The summed E-state index contributed by atoms with van der Waals surface area (Å²) < 4.78 is 0.969. The van der Waals surface area contributed by atoms with E-state index in [2.05, 4.69) is 21.2 Å². The predicted octanol–water partition coefficient (Wildman–Crippen LogP) is 2.65. The Morgan fingerprint density at radius 3 is 2.94 bits per heavy atom. The van der Waals surface area contributed by atoms with Gasteiger partial charge in [0.2, 0.25) is 0 Å². The zero-order valence-corrected chi connectivity index (χ0v) is 11.9. The molecular weight excluding hydrogens is 302 g/mol. The number of aliphatic hydroxyl groups excluding tert-OH is 1. The fourth-order valence-corrected chi connectivity index (χ4v) is 3.51. The highest BCUT2D eigenvalue weighted by molar-refractivity contribution is 9.11. The van der Waals surface area contributed by atoms with Crippen LogP contribution in [0.1, 0.15) is 29.6 Å². The fourth-order valence-electron chi connectivity index (χ4n) is 2.38. The topological polar surface area (TPSA) is 49.3 Å². The standard InChI is InChI=1S/C12H16BrNO2S/c13-11-4-10(7-17-11)12(16)14-5-8-2-1-3-9(8)6-15/h4,7-9,15H,1-3,5-6H2,(H,14,16). The van der Waals surface area contributed by atoms with Crippen molar-refractivity contribution in [2.24, 2.45) is 11.8 Å². The van der Waals surface area contributed by atoms with Crippen LogP contribution in [0.4, 0.5) is 0 Å². The van der Waals surface area contributed by atoms with E-state index in [0.717, 1.165) is 23.0 Å². The van der Waals surface area contributed by atoms with Gasteiger partial charge in [0, 0.05) is 18.5 Å². The van der Waals surface area contributed by atoms with Crippen molar-refractivity contribution < 1.29 is 9.90 Å². The molecule has 0 radical (unpaired) electrons. The van der Waals surface area contributed by atoms with Gasteiger partial charge in [0.15, 0.2) is 0 Å². The number of aliphatic hydroxyl groups is 1. The van der Waals surface area contributed by atoms with Gasteiger partial charge in [-0.2, -0.15) is 0 Å². The molecule has 94 valence electrons. The lowest BCUT2D eigenvalue weighted by atomic mass is 9.97. The van der Waals surface area contributed by atoms with Crippen LogP contribution in [0.15, 0.2) is 15.2 Å². The molecule has 0 spiro atoms. The highest BCUT2D eigenvalue weighted by Gasteiger charge is 2.26. The molecule has 1 aliphatic carbocycles. The molecule has 2 N–H and O–H groups in total. The van der Waals surface area contributed by atoms with Crippen molar-refractivity contribution in [3.8, 4) is 0 Å². The molecule has 1 saturated carbocycles. The fraction of sp³-hybridized carbons (Fsp3) is 0.583. The minimum Gasteiger partial charge on any atom is -0.396 e. The van der Waals surface area contributed by atoms with Gasteiger partial charge in [-0.15, -0.1) is 11.3 Å². The third-order valence-corrected chi connectivity index (χ3v) is 4.91. The first-order valence-electron chi connectivity index (χ1n) is 5.84. The molecule has 1 heterocycles. The SMILES string of the molecule is O=C(NCC1CCCC1CO)c1csc(Br)c1. The summed E-state index contributed by atoms with van der Waals surface area (Å²) in [7, 11) is 0. The Hall–Kier alpha value is -0.390. The van der Waals surface area contributed by atoms with Gasteiger partial charge in [-0.3, -0.25) is 4.79 Å². The van der Waals surface area contributed by atoms with Crippen LogP contribution in [-0.2, 0) is 0 Å². The zero-order valence-electron chi connectivity index (χ0n) is 9.49. The second-order valence-electron chi connectivity index (χ2n) is 4.48. The molecule has 1 fully saturated rings. The number of carbonyl (C=O) groups excluding carboxylic acids is 1. The summed E-state index contributed by atoms with van der Waals surface area (Å²) in [6.07, 6.45) is 3.36. The normalized spacial score (nSPS) is 23.9. The van der Waals surface area contributed by atoms with Crippen molar-refractivity contribution in [2.75, 3.05) is 13.2 Å². The van der Waals surface area contributed by atoms with Crippen molar-refractivity contribution in [1.29, 1.82) is 0 Å². The number of hydrogen-bond donors (Lipinski definition) is 2. The number of amides is 1. The monoisotopic (exact) mass is 317 g/mol. The maximum absolute atomic E-state index is 11.8. The Morgan fingerprint density at radius 2 is 2.29 bits per heavy atom. The second kappa shape index (κ2) is 5.98. The van der Waals surface area contributed by atoms with Crippen LogP contribution in [-0.4, -0.2) is 24.2 Å². The lowest BCUT2D eigenvalue weighted by Gasteiger charge is -2.17. The van der Waals surface area contributed by atoms with Gasteiger partial charge in [0.1, 0.15) is 0 Å². The molecule has 17 heavy (non-hydrogen) atoms. The van der Waals surface area contributed by atoms with Gasteiger partial charge < -0.3 is 10.4 Å². The average Bonchev–Trinajstić information content (AvgIpc) is 2.94. The first-order valence-corrected chi connectivity index (χ1v) is 7.51. The summed E-state index contributed by atoms with van der Waals surface area (Å²) in [5.74, 6) is 0.783. The summed E-state index contributed by atoms with van der Waals surface area (Å²) in [4.78, 5) is 11.8. The summed E-state index contributed by atoms with van der Waals surface area (Å²) in [5.41, 5.74) is 0.709. The average molecular weight is 318 g/mol. The maximum Gasteiger partial charge on any atom is 0.252 e. The summed E-state index contributed by atoms with van der Waals surface area (Å²) in [5, 5.41) is 14.0. The van der Waals surface area contributed by atoms with E-state index in [-0.39, 0.29) is 12.5 Å². The van der Waals surface area contributed by atoms with Gasteiger partial charge in [-0.1, -0.05) is 6.42 Å². The van der Waals surface area contributed by atoms with Crippen LogP contribution in [0.3, 0.4) is 0 Å². The van der Waals surface area contributed by atoms with Crippen LogP contribution in [0, 0.1) is 11.8 Å². The smallest absolute Gasteiger partial charge is 0.252 e. The third-order valence-electron chi connectivity index (χ3n) is 3.41. The molecular formula is C12H16BrNO2S. The molecule has 0 aromatic carbocycles. The van der Waals surface area contributed by atoms with Gasteiger partial charge in [-0.05, 0) is 46.7 Å². The molecule has 1 aliphatic rings. The van der Waals surface area contributed by atoms with Crippen LogP contribution >= 0.6 is 27.3 Å². The Bertz CT molecular complexity index is 394. The number of nitrogens with one attached hydrogen (secondary N) is 1. The minimum atomic E-state index is -0.0180. The van der Waals surface area contributed by atoms with E-state index in [1.807, 2.05) is 11.4 Å². The van der Waals surface area contributed by atoms with E-state index in [1.54, 1.807) is 0 Å². The van der Waals surface area contributed by atoms with Crippen LogP contribution < -0.4 is 5.32 Å². The van der Waals surface area contributed by atoms with Gasteiger partial charge >= 0.3 is 0 Å². The number of carbonyl (C=O) groups is 1. The lowest BCUT2D eigenvalue weighted by Crippen LogP contribution is -2.31. The van der Waals surface area contributed by atoms with Crippen molar-refractivity contribution in [3.05, 3.63) is 20.8 Å². The first-order chi connectivity index (χ1) is 8.20. The molecule has 5 heteroatoms. The summed E-state index contributed by atoms with van der Waals surface area (Å²) in [6.45, 7) is 0.919. The molecule has 2 unspecified atom stereocenters. The highest BCUT2D eigenvalue weighted by atomic mass is 79.9. The van der Waals surface area contributed by atoms with Gasteiger partial charge in [0.05, 0.1) is 9.35 Å². The highest BCUT2D eigenvalue weighted by Crippen LogP contribution is 2.30.